The Bertz CT molecular complexity index is 1550. The molecule has 0 bridgehead atoms. The lowest BCUT2D eigenvalue weighted by Gasteiger charge is -2.01. The second-order valence-corrected chi connectivity index (χ2v) is 14.2. The van der Waals surface area contributed by atoms with Crippen molar-refractivity contribution in [3.05, 3.63) is 69.4 Å². The molecule has 39 heavy (non-hydrogen) atoms. The van der Waals surface area contributed by atoms with Crippen LogP contribution in [0.25, 0.3) is 29.6 Å². The number of aryl methyl sites for hydroxylation is 2. The first-order chi connectivity index (χ1) is 19.2. The first-order valence-corrected chi connectivity index (χ1v) is 17.7. The van der Waals surface area contributed by atoms with Gasteiger partial charge in [0.05, 0.1) is 14.3 Å². The van der Waals surface area contributed by atoms with Gasteiger partial charge in [0.1, 0.15) is 0 Å². The molecule has 0 N–H and O–H groups in total. The highest BCUT2D eigenvalue weighted by Gasteiger charge is 2.12. The molecule has 0 fully saturated rings. The van der Waals surface area contributed by atoms with E-state index in [4.69, 9.17) is 0 Å². The number of fused-ring (bicyclic) bond motifs is 5. The summed E-state index contributed by atoms with van der Waals surface area (Å²) in [6, 6.07) is 18.4. The minimum Gasteiger partial charge on any atom is -0.134 e. The molecule has 3 heteroatoms. The summed E-state index contributed by atoms with van der Waals surface area (Å²) in [5.41, 5.74) is 2.59. The minimum atomic E-state index is 1.12. The van der Waals surface area contributed by atoms with Crippen molar-refractivity contribution in [1.29, 1.82) is 0 Å². The van der Waals surface area contributed by atoms with Gasteiger partial charge in [-0.25, -0.2) is 0 Å². The van der Waals surface area contributed by atoms with Crippen molar-refractivity contribution < 1.29 is 0 Å². The summed E-state index contributed by atoms with van der Waals surface area (Å²) in [7, 11) is 0. The van der Waals surface area contributed by atoms with Crippen LogP contribution in [0.1, 0.15) is 112 Å². The fourth-order valence-electron chi connectivity index (χ4n) is 5.41. The molecule has 0 saturated carbocycles. The van der Waals surface area contributed by atoms with E-state index >= 15 is 0 Å². The van der Waals surface area contributed by atoms with Crippen molar-refractivity contribution in [2.75, 3.05) is 0 Å². The highest BCUT2D eigenvalue weighted by molar-refractivity contribution is 7.36. The molecule has 2 aromatic carbocycles. The average molecular weight is 571 g/mol. The van der Waals surface area contributed by atoms with E-state index in [0.29, 0.717) is 0 Å². The molecule has 0 saturated heterocycles. The van der Waals surface area contributed by atoms with Crippen LogP contribution in [0.15, 0.2) is 48.5 Å². The largest absolute Gasteiger partial charge is 0.134 e. The summed E-state index contributed by atoms with van der Waals surface area (Å²) in [6.07, 6.45) is 18.9. The first kappa shape index (κ1) is 28.4. The number of unbranched alkanes of at least 4 members (excludes halogenated alkanes) is 10. The number of hydrogen-bond donors (Lipinski definition) is 0. The van der Waals surface area contributed by atoms with Gasteiger partial charge in [0.25, 0.3) is 0 Å². The molecule has 204 valence electrons. The fourth-order valence-corrected chi connectivity index (χ4v) is 9.07. The average Bonchev–Trinajstić information content (AvgIpc) is 3.65. The van der Waals surface area contributed by atoms with Gasteiger partial charge >= 0.3 is 0 Å². The van der Waals surface area contributed by atoms with Crippen LogP contribution in [0.4, 0.5) is 0 Å². The summed E-state index contributed by atoms with van der Waals surface area (Å²) in [5.74, 6) is 6.89. The molecule has 0 aliphatic rings. The van der Waals surface area contributed by atoms with Gasteiger partial charge in [-0.1, -0.05) is 108 Å². The van der Waals surface area contributed by atoms with E-state index < -0.39 is 0 Å². The zero-order valence-corrected chi connectivity index (χ0v) is 26.2. The summed E-state index contributed by atoms with van der Waals surface area (Å²) >= 11 is 5.76. The van der Waals surface area contributed by atoms with Crippen molar-refractivity contribution in [2.24, 2.45) is 0 Å². The predicted molar refractivity (Wildman–Crippen MR) is 179 cm³/mol. The Hall–Kier alpha value is -2.12. The first-order valence-electron chi connectivity index (χ1n) is 15.2. The molecule has 0 amide bonds. The summed E-state index contributed by atoms with van der Waals surface area (Å²) in [6.45, 7) is 4.56. The van der Waals surface area contributed by atoms with Crippen LogP contribution >= 0.6 is 34.0 Å². The van der Waals surface area contributed by atoms with Gasteiger partial charge in [-0.3, -0.25) is 0 Å². The SMILES string of the molecule is CCCCCCCCCCCCc1ccc(C#Cc2ccc3c(c2)sc2c4ccc(CCCC)cc4sc32)s1. The van der Waals surface area contributed by atoms with Crippen LogP contribution in [0.5, 0.6) is 0 Å². The van der Waals surface area contributed by atoms with E-state index in [1.54, 1.807) is 0 Å². The van der Waals surface area contributed by atoms with Gasteiger partial charge in [-0.15, -0.1) is 34.0 Å². The third-order valence-electron chi connectivity index (χ3n) is 7.73. The molecule has 0 nitrogen and oxygen atoms in total. The molecule has 0 aliphatic heterocycles. The maximum atomic E-state index is 3.45. The van der Waals surface area contributed by atoms with Gasteiger partial charge in [-0.2, -0.15) is 0 Å². The highest BCUT2D eigenvalue weighted by atomic mass is 32.1. The summed E-state index contributed by atoms with van der Waals surface area (Å²) < 4.78 is 5.66. The van der Waals surface area contributed by atoms with Gasteiger partial charge in [0.15, 0.2) is 0 Å². The maximum absolute atomic E-state index is 3.45. The van der Waals surface area contributed by atoms with Crippen LogP contribution in [-0.2, 0) is 12.8 Å². The van der Waals surface area contributed by atoms with E-state index in [-0.39, 0.29) is 0 Å². The Morgan fingerprint density at radius 1 is 0.538 bits per heavy atom. The van der Waals surface area contributed by atoms with Crippen molar-refractivity contribution in [1.82, 2.24) is 0 Å². The van der Waals surface area contributed by atoms with Crippen molar-refractivity contribution in [3.8, 4) is 11.8 Å². The van der Waals surface area contributed by atoms with Gasteiger partial charge < -0.3 is 0 Å². The van der Waals surface area contributed by atoms with E-state index in [2.05, 4.69) is 74.2 Å². The molecule has 0 unspecified atom stereocenters. The van der Waals surface area contributed by atoms with Crippen LogP contribution in [0.3, 0.4) is 0 Å². The quantitative estimate of drug-likeness (QED) is 0.0920. The zero-order chi connectivity index (χ0) is 26.9. The Balaban J connectivity index is 1.15. The predicted octanol–water partition coefficient (Wildman–Crippen LogP) is 12.5. The second-order valence-electron chi connectivity index (χ2n) is 11.0. The molecule has 5 rings (SSSR count). The van der Waals surface area contributed by atoms with E-state index in [1.165, 1.54) is 135 Å². The lowest BCUT2D eigenvalue weighted by atomic mass is 10.1. The number of thiophene rings is 3. The monoisotopic (exact) mass is 570 g/mol. The van der Waals surface area contributed by atoms with Gasteiger partial charge in [0.2, 0.25) is 0 Å². The van der Waals surface area contributed by atoms with Gasteiger partial charge in [-0.05, 0) is 61.6 Å². The molecule has 0 spiro atoms. The van der Waals surface area contributed by atoms with Crippen molar-refractivity contribution >= 4 is 63.6 Å². The number of benzene rings is 2. The molecule has 3 aromatic heterocycles. The topological polar surface area (TPSA) is 0 Å². The molecule has 0 atom stereocenters. The standard InChI is InChI=1S/C36H42S3/c1-3-5-7-8-9-10-11-12-13-14-16-29-21-22-30(37-29)20-17-28-19-24-32-34(26-28)39-35-31-23-18-27(15-6-4-2)25-33(31)38-36(32)35/h18-19,21-26H,3-16H2,1-2H3. The Labute approximate surface area is 247 Å². The third-order valence-corrected chi connectivity index (χ3v) is 11.3. The maximum Gasteiger partial charge on any atom is 0.0775 e. The van der Waals surface area contributed by atoms with Crippen LogP contribution in [-0.4, -0.2) is 0 Å². The van der Waals surface area contributed by atoms with Crippen molar-refractivity contribution in [2.45, 2.75) is 104 Å². The van der Waals surface area contributed by atoms with Crippen molar-refractivity contribution in [3.63, 3.8) is 0 Å². The van der Waals surface area contributed by atoms with Gasteiger partial charge in [0, 0.05) is 30.6 Å². The molecular formula is C36H42S3. The van der Waals surface area contributed by atoms with Crippen LogP contribution in [0, 0.1) is 11.8 Å². The Morgan fingerprint density at radius 2 is 1.18 bits per heavy atom. The third kappa shape index (κ3) is 7.55. The molecule has 5 aromatic rings. The Kier molecular flexibility index (Phi) is 10.6. The van der Waals surface area contributed by atoms with Crippen LogP contribution < -0.4 is 0 Å². The highest BCUT2D eigenvalue weighted by Crippen LogP contribution is 2.44. The fraction of sp³-hybridized carbons (Fsp3) is 0.444. The molecule has 0 radical (unpaired) electrons. The molecule has 0 aliphatic carbocycles. The summed E-state index contributed by atoms with van der Waals surface area (Å²) in [4.78, 5) is 2.67. The van der Waals surface area contributed by atoms with Crippen LogP contribution in [0.2, 0.25) is 0 Å². The second kappa shape index (κ2) is 14.5. The number of rotatable bonds is 14. The van der Waals surface area contributed by atoms with E-state index in [0.717, 1.165) is 5.56 Å². The minimum absolute atomic E-state index is 1.12. The zero-order valence-electron chi connectivity index (χ0n) is 23.7. The smallest absolute Gasteiger partial charge is 0.0775 e. The summed E-state index contributed by atoms with van der Waals surface area (Å²) in [5, 5.41) is 2.80. The lowest BCUT2D eigenvalue weighted by molar-refractivity contribution is 0.557. The van der Waals surface area contributed by atoms with E-state index in [9.17, 15) is 0 Å². The Morgan fingerprint density at radius 3 is 1.90 bits per heavy atom. The lowest BCUT2D eigenvalue weighted by Crippen LogP contribution is -1.84. The molecule has 3 heterocycles. The molecular weight excluding hydrogens is 529 g/mol. The van der Waals surface area contributed by atoms with E-state index in [1.807, 2.05) is 34.0 Å². The normalized spacial score (nSPS) is 11.5. The number of hydrogen-bond acceptors (Lipinski definition) is 3.